The lowest BCUT2D eigenvalue weighted by Crippen LogP contribution is -2.13. The van der Waals surface area contributed by atoms with Gasteiger partial charge in [-0.1, -0.05) is 92.6 Å². The molecule has 0 radical (unpaired) electrons. The highest BCUT2D eigenvalue weighted by atomic mass is 31.1. The number of methoxy groups -OCH3 is 1. The molecule has 6 aromatic carbocycles. The summed E-state index contributed by atoms with van der Waals surface area (Å²) in [5.41, 5.74) is 15.4. The summed E-state index contributed by atoms with van der Waals surface area (Å²) >= 11 is 0. The Morgan fingerprint density at radius 3 is 1.14 bits per heavy atom. The van der Waals surface area contributed by atoms with Crippen LogP contribution in [0.3, 0.4) is 0 Å². The summed E-state index contributed by atoms with van der Waals surface area (Å²) in [4.78, 5) is 0. The fourth-order valence-corrected chi connectivity index (χ4v) is 11.7. The van der Waals surface area contributed by atoms with Crippen LogP contribution in [0, 0.1) is 55.4 Å². The van der Waals surface area contributed by atoms with Crippen LogP contribution < -0.4 is 13.8 Å². The van der Waals surface area contributed by atoms with Crippen LogP contribution in [0.15, 0.2) is 89.6 Å². The van der Waals surface area contributed by atoms with Gasteiger partial charge in [-0.25, -0.2) is 0 Å². The topological polar surface area (TPSA) is 80.2 Å². The van der Waals surface area contributed by atoms with Crippen LogP contribution in [0.1, 0.15) is 124 Å². The lowest BCUT2D eigenvalue weighted by molar-refractivity contribution is 0.410. The number of rotatable bonds is 6. The summed E-state index contributed by atoms with van der Waals surface area (Å²) in [5.74, 6) is 1.92. The predicted molar refractivity (Wildman–Crippen MR) is 277 cm³/mol. The van der Waals surface area contributed by atoms with E-state index in [1.54, 1.807) is 7.11 Å². The summed E-state index contributed by atoms with van der Waals surface area (Å²) in [6.45, 7) is 36.7. The van der Waals surface area contributed by atoms with Gasteiger partial charge in [-0.05, 0) is 159 Å². The van der Waals surface area contributed by atoms with Gasteiger partial charge < -0.3 is 30.6 Å². The highest BCUT2D eigenvalue weighted by Crippen LogP contribution is 2.52. The zero-order valence-electron chi connectivity index (χ0n) is 42.2. The minimum Gasteiger partial charge on any atom is -0.497 e. The number of hydrogen-bond donors (Lipinski definition) is 0. The quantitative estimate of drug-likeness (QED) is 0.164. The van der Waals surface area contributed by atoms with Crippen LogP contribution in [-0.4, -0.2) is 7.11 Å². The average Bonchev–Trinajstić information content (AvgIpc) is 3.45. The second-order valence-electron chi connectivity index (χ2n) is 21.6. The van der Waals surface area contributed by atoms with Gasteiger partial charge in [0.2, 0.25) is 0 Å². The molecule has 8 aromatic rings. The molecule has 0 N–H and O–H groups in total. The first-order chi connectivity index (χ1) is 30.8. The molecule has 9 heteroatoms. The van der Waals surface area contributed by atoms with Crippen LogP contribution in [0.2, 0.25) is 0 Å². The molecular formula is C57H66O7P2. The van der Waals surface area contributed by atoms with Gasteiger partial charge >= 0.3 is 16.5 Å². The van der Waals surface area contributed by atoms with Crippen LogP contribution in [0.25, 0.3) is 55.0 Å². The Hall–Kier alpha value is -5.48. The minimum atomic E-state index is -2.09. The third-order valence-corrected chi connectivity index (χ3v) is 14.3. The fraction of sp³-hybridized carbons (Fsp3) is 0.368. The van der Waals surface area contributed by atoms with Gasteiger partial charge in [0.05, 0.1) is 7.11 Å². The summed E-state index contributed by atoms with van der Waals surface area (Å²) in [6.07, 6.45) is 0. The SMILES string of the molecule is COc1cc(-c2cc(C)cc(C)c2Op2oc3c(C(C)(C)C)cc(C)cc3c3cc(C)cc(C(C)(C)C)c3o2)c(Op2oc3c(C)cc(C)cc3c3cc(C)cc(C)c3o2)c(C(C)(C)C)c1. The van der Waals surface area contributed by atoms with Crippen molar-refractivity contribution in [1.82, 2.24) is 0 Å². The number of fused-ring (bicyclic) bond motifs is 6. The fourth-order valence-electron chi connectivity index (χ4n) is 9.22. The van der Waals surface area contributed by atoms with Gasteiger partial charge in [-0.2, -0.15) is 0 Å². The van der Waals surface area contributed by atoms with Crippen LogP contribution in [-0.2, 0) is 16.2 Å². The van der Waals surface area contributed by atoms with Crippen molar-refractivity contribution in [1.29, 1.82) is 0 Å². The van der Waals surface area contributed by atoms with Gasteiger partial charge in [0.1, 0.15) is 39.6 Å². The van der Waals surface area contributed by atoms with E-state index in [9.17, 15) is 0 Å². The molecule has 0 aliphatic heterocycles. The summed E-state index contributed by atoms with van der Waals surface area (Å²) in [7, 11) is -2.44. The summed E-state index contributed by atoms with van der Waals surface area (Å²) in [5, 5.41) is 3.98. The Labute approximate surface area is 392 Å². The zero-order valence-corrected chi connectivity index (χ0v) is 44.0. The van der Waals surface area contributed by atoms with Crippen molar-refractivity contribution in [2.24, 2.45) is 0 Å². The third-order valence-electron chi connectivity index (χ3n) is 12.3. The number of hydrogen-bond acceptors (Lipinski definition) is 7. The molecule has 0 amide bonds. The van der Waals surface area contributed by atoms with E-state index in [0.29, 0.717) is 17.2 Å². The lowest BCUT2D eigenvalue weighted by Gasteiger charge is -2.26. The van der Waals surface area contributed by atoms with Gasteiger partial charge in [0.15, 0.2) is 0 Å². The van der Waals surface area contributed by atoms with E-state index in [-0.39, 0.29) is 10.8 Å². The maximum absolute atomic E-state index is 7.29. The molecule has 2 aromatic heterocycles. The van der Waals surface area contributed by atoms with Crippen LogP contribution in [0.5, 0.6) is 17.2 Å². The maximum Gasteiger partial charge on any atom is 0.453 e. The summed E-state index contributed by atoms with van der Waals surface area (Å²) in [6, 6.07) is 25.9. The van der Waals surface area contributed by atoms with E-state index in [1.165, 1.54) is 0 Å². The number of ether oxygens (including phenoxy) is 1. The van der Waals surface area contributed by atoms with E-state index >= 15 is 0 Å². The molecule has 346 valence electrons. The second-order valence-corrected chi connectivity index (χ2v) is 23.5. The molecule has 8 rings (SSSR count). The molecule has 0 spiro atoms. The first-order valence-corrected chi connectivity index (χ1v) is 25.1. The highest BCUT2D eigenvalue weighted by molar-refractivity contribution is 7.32. The smallest absolute Gasteiger partial charge is 0.453 e. The van der Waals surface area contributed by atoms with Gasteiger partial charge in [0.25, 0.3) is 0 Å². The normalized spacial score (nSPS) is 12.4. The van der Waals surface area contributed by atoms with Crippen molar-refractivity contribution in [3.05, 3.63) is 134 Å². The molecule has 0 saturated carbocycles. The van der Waals surface area contributed by atoms with E-state index < -0.39 is 21.9 Å². The third kappa shape index (κ3) is 9.02. The van der Waals surface area contributed by atoms with Crippen LogP contribution in [0.4, 0.5) is 0 Å². The molecule has 7 nitrogen and oxygen atoms in total. The first kappa shape index (κ1) is 47.0. The molecule has 0 fully saturated rings. The van der Waals surface area contributed by atoms with Gasteiger partial charge in [-0.15, -0.1) is 0 Å². The van der Waals surface area contributed by atoms with Crippen molar-refractivity contribution in [3.63, 3.8) is 0 Å². The van der Waals surface area contributed by atoms with E-state index in [2.05, 4.69) is 184 Å². The van der Waals surface area contributed by atoms with Crippen molar-refractivity contribution < 1.29 is 30.6 Å². The molecule has 66 heavy (non-hydrogen) atoms. The summed E-state index contributed by atoms with van der Waals surface area (Å²) < 4.78 is 48.8. The second kappa shape index (κ2) is 17.0. The Kier molecular flexibility index (Phi) is 12.1. The zero-order chi connectivity index (χ0) is 47.9. The Balaban J connectivity index is 1.45. The monoisotopic (exact) mass is 924 g/mol. The molecule has 0 saturated heterocycles. The van der Waals surface area contributed by atoms with E-state index in [1.807, 2.05) is 6.07 Å². The molecule has 0 bridgehead atoms. The van der Waals surface area contributed by atoms with Crippen LogP contribution >= 0.6 is 16.5 Å². The average molecular weight is 925 g/mol. The standard InChI is InChI=1S/C57H66O7P2/c1-31-19-36(6)49-40(22-31)41-23-32(2)20-37(7)50(41)60-65(59-49)64-54-45(29-39(58-18)30-48(54)57(15,16)17)42-24-33(3)21-38(8)51(42)61-66-62-52-43(25-34(4)27-46(52)55(9,10)11)44-26-35(5)28-47(53(44)63-66)56(12,13)14/h19-30H,1-18H3. The highest BCUT2D eigenvalue weighted by Gasteiger charge is 2.30. The Morgan fingerprint density at radius 1 is 0.364 bits per heavy atom. The van der Waals surface area contributed by atoms with Crippen molar-refractivity contribution in [3.8, 4) is 28.4 Å². The minimum absolute atomic E-state index is 0.237. The molecule has 0 aliphatic rings. The Bertz CT molecular complexity index is 3180. The van der Waals surface area contributed by atoms with Crippen molar-refractivity contribution >= 4 is 60.4 Å². The lowest BCUT2D eigenvalue weighted by atomic mass is 9.83. The molecule has 0 aliphatic carbocycles. The maximum atomic E-state index is 7.29. The van der Waals surface area contributed by atoms with E-state index in [4.69, 9.17) is 30.6 Å². The molecule has 0 atom stereocenters. The molecule has 2 heterocycles. The molecular weight excluding hydrogens is 859 g/mol. The first-order valence-electron chi connectivity index (χ1n) is 22.9. The predicted octanol–water partition coefficient (Wildman–Crippen LogP) is 18.6. The Morgan fingerprint density at radius 2 is 0.712 bits per heavy atom. The molecule has 0 unspecified atom stereocenters. The van der Waals surface area contributed by atoms with Crippen molar-refractivity contribution in [2.75, 3.05) is 7.11 Å². The number of benzene rings is 6. The largest absolute Gasteiger partial charge is 0.497 e. The number of aryl methyl sites for hydroxylation is 8. The van der Waals surface area contributed by atoms with E-state index in [0.717, 1.165) is 116 Å². The van der Waals surface area contributed by atoms with Gasteiger partial charge in [-0.3, -0.25) is 0 Å². The van der Waals surface area contributed by atoms with Gasteiger partial charge in [0, 0.05) is 49.4 Å². The van der Waals surface area contributed by atoms with Crippen molar-refractivity contribution in [2.45, 2.75) is 134 Å².